The molecule has 0 amide bonds. The van der Waals surface area contributed by atoms with Crippen molar-refractivity contribution in [3.8, 4) is 0 Å². The van der Waals surface area contributed by atoms with Crippen LogP contribution in [0.1, 0.15) is 6.42 Å². The van der Waals surface area contributed by atoms with Gasteiger partial charge >= 0.3 is 0 Å². The molecule has 56 valence electrons. The topological polar surface area (TPSA) is 42.2 Å². The average molecular weight is 159 g/mol. The minimum absolute atomic E-state index is 0.0263. The second-order valence-corrected chi connectivity index (χ2v) is 2.85. The predicted molar refractivity (Wildman–Crippen MR) is 40.3 cm³/mol. The Kier molecular flexibility index (Phi) is 2.65. The Morgan fingerprint density at radius 3 is 3.00 bits per heavy atom. The summed E-state index contributed by atoms with van der Waals surface area (Å²) < 4.78 is 1.62. The SMILES string of the molecule is O=c1ccsn1CCCO. The van der Waals surface area contributed by atoms with E-state index in [0.29, 0.717) is 13.0 Å². The molecule has 0 aliphatic carbocycles. The van der Waals surface area contributed by atoms with Crippen LogP contribution in [0.15, 0.2) is 16.2 Å². The van der Waals surface area contributed by atoms with Crippen LogP contribution in [0.2, 0.25) is 0 Å². The number of rotatable bonds is 3. The Bertz CT molecular complexity index is 240. The van der Waals surface area contributed by atoms with E-state index in [0.717, 1.165) is 0 Å². The third kappa shape index (κ3) is 1.68. The van der Waals surface area contributed by atoms with E-state index in [1.807, 2.05) is 0 Å². The van der Waals surface area contributed by atoms with Crippen LogP contribution < -0.4 is 5.56 Å². The van der Waals surface area contributed by atoms with Crippen molar-refractivity contribution in [1.29, 1.82) is 0 Å². The summed E-state index contributed by atoms with van der Waals surface area (Å²) in [5.41, 5.74) is 0.0263. The lowest BCUT2D eigenvalue weighted by atomic mass is 10.5. The predicted octanol–water partition coefficient (Wildman–Crippen LogP) is 0.292. The summed E-state index contributed by atoms with van der Waals surface area (Å²) in [6.45, 7) is 0.775. The second-order valence-electron chi connectivity index (χ2n) is 1.93. The zero-order valence-electron chi connectivity index (χ0n) is 5.49. The summed E-state index contributed by atoms with van der Waals surface area (Å²) in [6.07, 6.45) is 0.653. The molecule has 0 radical (unpaired) electrons. The lowest BCUT2D eigenvalue weighted by molar-refractivity contribution is 0.281. The van der Waals surface area contributed by atoms with E-state index in [1.54, 1.807) is 9.34 Å². The van der Waals surface area contributed by atoms with Gasteiger partial charge in [-0.2, -0.15) is 0 Å². The van der Waals surface area contributed by atoms with Gasteiger partial charge in [0.1, 0.15) is 0 Å². The van der Waals surface area contributed by atoms with Crippen molar-refractivity contribution < 1.29 is 5.11 Å². The van der Waals surface area contributed by atoms with Gasteiger partial charge in [-0.05, 0) is 6.42 Å². The van der Waals surface area contributed by atoms with Crippen molar-refractivity contribution in [2.45, 2.75) is 13.0 Å². The molecule has 4 heteroatoms. The largest absolute Gasteiger partial charge is 0.396 e. The highest BCUT2D eigenvalue weighted by Crippen LogP contribution is 1.93. The van der Waals surface area contributed by atoms with Gasteiger partial charge < -0.3 is 5.11 Å². The molecule has 0 bridgehead atoms. The standard InChI is InChI=1S/C6H9NO2S/c8-4-1-3-7-6(9)2-5-10-7/h2,5,8H,1,3-4H2. The summed E-state index contributed by atoms with van der Waals surface area (Å²) >= 11 is 1.38. The zero-order valence-corrected chi connectivity index (χ0v) is 6.30. The number of aliphatic hydroxyl groups excluding tert-OH is 1. The van der Waals surface area contributed by atoms with E-state index >= 15 is 0 Å². The highest BCUT2D eigenvalue weighted by molar-refractivity contribution is 7.04. The zero-order chi connectivity index (χ0) is 7.40. The van der Waals surface area contributed by atoms with Crippen LogP contribution >= 0.6 is 11.5 Å². The summed E-state index contributed by atoms with van der Waals surface area (Å²) in [4.78, 5) is 10.8. The van der Waals surface area contributed by atoms with E-state index in [-0.39, 0.29) is 12.2 Å². The monoisotopic (exact) mass is 159 g/mol. The molecule has 0 atom stereocenters. The number of hydrogen-bond acceptors (Lipinski definition) is 3. The maximum absolute atomic E-state index is 10.8. The summed E-state index contributed by atoms with van der Waals surface area (Å²) in [5, 5.41) is 10.2. The van der Waals surface area contributed by atoms with E-state index in [2.05, 4.69) is 0 Å². The molecule has 1 aromatic heterocycles. The Labute approximate surface area is 62.7 Å². The minimum Gasteiger partial charge on any atom is -0.396 e. The van der Waals surface area contributed by atoms with Gasteiger partial charge in [-0.15, -0.1) is 0 Å². The molecule has 1 aromatic rings. The average Bonchev–Trinajstić information content (AvgIpc) is 2.31. The van der Waals surface area contributed by atoms with Crippen LogP contribution in [0.5, 0.6) is 0 Å². The third-order valence-corrected chi connectivity index (χ3v) is 2.04. The van der Waals surface area contributed by atoms with Gasteiger partial charge in [0.25, 0.3) is 5.56 Å². The minimum atomic E-state index is 0.0263. The number of aryl methyl sites for hydroxylation is 1. The van der Waals surface area contributed by atoms with Crippen LogP contribution in [0.4, 0.5) is 0 Å². The van der Waals surface area contributed by atoms with E-state index in [9.17, 15) is 4.79 Å². The van der Waals surface area contributed by atoms with Gasteiger partial charge in [0.05, 0.1) is 0 Å². The van der Waals surface area contributed by atoms with Crippen molar-refractivity contribution in [3.63, 3.8) is 0 Å². The van der Waals surface area contributed by atoms with Crippen LogP contribution in [0, 0.1) is 0 Å². The van der Waals surface area contributed by atoms with Crippen LogP contribution in [-0.4, -0.2) is 15.7 Å². The number of aliphatic hydroxyl groups is 1. The van der Waals surface area contributed by atoms with Crippen molar-refractivity contribution in [2.75, 3.05) is 6.61 Å². The van der Waals surface area contributed by atoms with E-state index < -0.39 is 0 Å². The molecule has 0 saturated carbocycles. The first-order valence-corrected chi connectivity index (χ1v) is 3.94. The van der Waals surface area contributed by atoms with Gasteiger partial charge in [0.15, 0.2) is 0 Å². The molecule has 3 nitrogen and oxygen atoms in total. The molecular formula is C6H9NO2S. The molecular weight excluding hydrogens is 150 g/mol. The van der Waals surface area contributed by atoms with Gasteiger partial charge in [-0.3, -0.25) is 8.75 Å². The first kappa shape index (κ1) is 7.50. The Morgan fingerprint density at radius 1 is 1.70 bits per heavy atom. The van der Waals surface area contributed by atoms with Crippen molar-refractivity contribution in [2.24, 2.45) is 0 Å². The fourth-order valence-electron chi connectivity index (χ4n) is 0.674. The maximum atomic E-state index is 10.8. The molecule has 10 heavy (non-hydrogen) atoms. The van der Waals surface area contributed by atoms with E-state index in [1.165, 1.54) is 17.6 Å². The highest BCUT2D eigenvalue weighted by Gasteiger charge is 1.93. The number of aromatic nitrogens is 1. The molecule has 0 aliphatic heterocycles. The van der Waals surface area contributed by atoms with Crippen LogP contribution in [0.25, 0.3) is 0 Å². The van der Waals surface area contributed by atoms with Crippen molar-refractivity contribution in [3.05, 3.63) is 21.8 Å². The lowest BCUT2D eigenvalue weighted by Crippen LogP contribution is -2.12. The van der Waals surface area contributed by atoms with Gasteiger partial charge in [-0.1, -0.05) is 11.5 Å². The fraction of sp³-hybridized carbons (Fsp3) is 0.500. The van der Waals surface area contributed by atoms with Gasteiger partial charge in [-0.25, -0.2) is 0 Å². The molecule has 0 spiro atoms. The molecule has 1 heterocycles. The van der Waals surface area contributed by atoms with Gasteiger partial charge in [0.2, 0.25) is 0 Å². The highest BCUT2D eigenvalue weighted by atomic mass is 32.1. The maximum Gasteiger partial charge on any atom is 0.260 e. The van der Waals surface area contributed by atoms with E-state index in [4.69, 9.17) is 5.11 Å². The lowest BCUT2D eigenvalue weighted by Gasteiger charge is -1.94. The summed E-state index contributed by atoms with van der Waals surface area (Å²) in [6, 6.07) is 1.53. The van der Waals surface area contributed by atoms with Crippen molar-refractivity contribution >= 4 is 11.5 Å². The van der Waals surface area contributed by atoms with Crippen molar-refractivity contribution in [1.82, 2.24) is 3.96 Å². The van der Waals surface area contributed by atoms with Crippen LogP contribution in [0.3, 0.4) is 0 Å². The Hall–Kier alpha value is -0.610. The molecule has 1 N–H and O–H groups in total. The summed E-state index contributed by atoms with van der Waals surface area (Å²) in [5.74, 6) is 0. The van der Waals surface area contributed by atoms with Gasteiger partial charge in [0, 0.05) is 24.6 Å². The Morgan fingerprint density at radius 2 is 2.50 bits per heavy atom. The molecule has 0 saturated heterocycles. The number of nitrogens with zero attached hydrogens (tertiary/aromatic N) is 1. The first-order chi connectivity index (χ1) is 4.84. The number of hydrogen-bond donors (Lipinski definition) is 1. The quantitative estimate of drug-likeness (QED) is 0.689. The second kappa shape index (κ2) is 3.53. The fourth-order valence-corrected chi connectivity index (χ4v) is 1.40. The molecule has 0 fully saturated rings. The molecule has 0 aliphatic rings. The smallest absolute Gasteiger partial charge is 0.260 e. The Balaban J connectivity index is 2.57. The van der Waals surface area contributed by atoms with Crippen LogP contribution in [-0.2, 0) is 6.54 Å². The normalized spacial score (nSPS) is 10.1. The summed E-state index contributed by atoms with van der Waals surface area (Å²) in [7, 11) is 0. The molecule has 0 unspecified atom stereocenters. The third-order valence-electron chi connectivity index (χ3n) is 1.16. The molecule has 1 rings (SSSR count). The first-order valence-electron chi connectivity index (χ1n) is 3.10. The molecule has 0 aromatic carbocycles.